The minimum Gasteiger partial charge on any atom is -0.368 e. The Balaban J connectivity index is 2.00. The molecule has 0 bridgehead atoms. The predicted octanol–water partition coefficient (Wildman–Crippen LogP) is 3.51. The van der Waals surface area contributed by atoms with Gasteiger partial charge in [0, 0.05) is 43.2 Å². The molecule has 0 radical (unpaired) electrons. The molecule has 2 rings (SSSR count). The van der Waals surface area contributed by atoms with Crippen molar-refractivity contribution in [3.8, 4) is 0 Å². The van der Waals surface area contributed by atoms with Crippen LogP contribution < -0.4 is 10.2 Å². The van der Waals surface area contributed by atoms with E-state index in [9.17, 15) is 0 Å². The van der Waals surface area contributed by atoms with Crippen molar-refractivity contribution in [2.45, 2.75) is 26.8 Å². The zero-order valence-electron chi connectivity index (χ0n) is 13.7. The Morgan fingerprint density at radius 2 is 1.81 bits per heavy atom. The van der Waals surface area contributed by atoms with Gasteiger partial charge in [0.05, 0.1) is 5.69 Å². The third kappa shape index (κ3) is 4.44. The second kappa shape index (κ2) is 7.61. The van der Waals surface area contributed by atoms with E-state index in [1.807, 2.05) is 7.05 Å². The molecule has 1 aliphatic heterocycles. The van der Waals surface area contributed by atoms with E-state index in [-0.39, 0.29) is 0 Å². The highest BCUT2D eigenvalue weighted by Gasteiger charge is 2.19. The van der Waals surface area contributed by atoms with Crippen LogP contribution in [0.4, 0.5) is 5.69 Å². The zero-order valence-corrected chi connectivity index (χ0v) is 15.3. The first-order valence-corrected chi connectivity index (χ1v) is 8.74. The summed E-state index contributed by atoms with van der Waals surface area (Å²) in [4.78, 5) is 5.07. The maximum atomic E-state index is 3.75. The van der Waals surface area contributed by atoms with Crippen LogP contribution in [-0.4, -0.2) is 44.7 Å². The molecular weight excluding hydrogens is 326 g/mol. The number of hydrogen-bond acceptors (Lipinski definition) is 3. The van der Waals surface area contributed by atoms with Gasteiger partial charge in [-0.3, -0.25) is 4.90 Å². The maximum absolute atomic E-state index is 3.75. The number of nitrogens with zero attached hydrogens (tertiary/aromatic N) is 2. The van der Waals surface area contributed by atoms with Gasteiger partial charge in [-0.05, 0) is 53.5 Å². The van der Waals surface area contributed by atoms with Crippen molar-refractivity contribution in [1.29, 1.82) is 0 Å². The van der Waals surface area contributed by atoms with Gasteiger partial charge in [-0.25, -0.2) is 0 Å². The number of anilines is 1. The van der Waals surface area contributed by atoms with Crippen LogP contribution in [0.5, 0.6) is 0 Å². The van der Waals surface area contributed by atoms with Crippen molar-refractivity contribution < 1.29 is 0 Å². The van der Waals surface area contributed by atoms with Crippen LogP contribution in [0, 0.1) is 5.92 Å². The molecule has 1 saturated heterocycles. The summed E-state index contributed by atoms with van der Waals surface area (Å²) in [6.07, 6.45) is 0. The lowest BCUT2D eigenvalue weighted by Gasteiger charge is -2.37. The Kier molecular flexibility index (Phi) is 6.08. The molecule has 1 fully saturated rings. The third-order valence-electron chi connectivity index (χ3n) is 4.24. The average molecular weight is 354 g/mol. The Hall–Kier alpha value is -0.580. The third-order valence-corrected chi connectivity index (χ3v) is 4.88. The normalized spacial score (nSPS) is 18.3. The second-order valence-electron chi connectivity index (χ2n) is 6.40. The van der Waals surface area contributed by atoms with Gasteiger partial charge in [-0.15, -0.1) is 0 Å². The molecule has 0 amide bonds. The van der Waals surface area contributed by atoms with Gasteiger partial charge in [0.15, 0.2) is 0 Å². The largest absolute Gasteiger partial charge is 0.368 e. The summed E-state index contributed by atoms with van der Waals surface area (Å²) in [7, 11) is 2.00. The molecule has 1 heterocycles. The van der Waals surface area contributed by atoms with Crippen LogP contribution in [0.25, 0.3) is 0 Å². The van der Waals surface area contributed by atoms with Crippen LogP contribution in [0.1, 0.15) is 32.4 Å². The smallest absolute Gasteiger partial charge is 0.0511 e. The molecular formula is C17H28BrN3. The van der Waals surface area contributed by atoms with Crippen molar-refractivity contribution in [1.82, 2.24) is 10.2 Å². The number of benzene rings is 1. The molecule has 1 atom stereocenters. The molecule has 0 aliphatic carbocycles. The van der Waals surface area contributed by atoms with E-state index in [0.717, 1.165) is 19.0 Å². The Morgan fingerprint density at radius 1 is 1.14 bits per heavy atom. The summed E-state index contributed by atoms with van der Waals surface area (Å²) in [6.45, 7) is 12.6. The van der Waals surface area contributed by atoms with Gasteiger partial charge in [0.25, 0.3) is 0 Å². The molecule has 3 nitrogen and oxygen atoms in total. The number of nitrogens with one attached hydrogen (secondary N) is 1. The van der Waals surface area contributed by atoms with E-state index in [1.165, 1.54) is 35.4 Å². The number of piperazine rings is 1. The van der Waals surface area contributed by atoms with E-state index in [4.69, 9.17) is 0 Å². The standard InChI is InChI=1S/C17H28BrN3/c1-13(2)12-20-7-9-21(10-8-20)17-6-5-15(11-16(17)18)14(3)19-4/h5-6,11,13-14,19H,7-10,12H2,1-4H3. The predicted molar refractivity (Wildman–Crippen MR) is 95.1 cm³/mol. The first-order valence-electron chi connectivity index (χ1n) is 7.95. The summed E-state index contributed by atoms with van der Waals surface area (Å²) >= 11 is 3.75. The van der Waals surface area contributed by atoms with Crippen LogP contribution in [-0.2, 0) is 0 Å². The molecule has 21 heavy (non-hydrogen) atoms. The highest BCUT2D eigenvalue weighted by molar-refractivity contribution is 9.10. The van der Waals surface area contributed by atoms with E-state index < -0.39 is 0 Å². The fraction of sp³-hybridized carbons (Fsp3) is 0.647. The average Bonchev–Trinajstić information content (AvgIpc) is 2.47. The highest BCUT2D eigenvalue weighted by atomic mass is 79.9. The van der Waals surface area contributed by atoms with E-state index in [0.29, 0.717) is 6.04 Å². The van der Waals surface area contributed by atoms with Crippen LogP contribution in [0.15, 0.2) is 22.7 Å². The van der Waals surface area contributed by atoms with E-state index >= 15 is 0 Å². The van der Waals surface area contributed by atoms with E-state index in [1.54, 1.807) is 0 Å². The summed E-state index contributed by atoms with van der Waals surface area (Å²) in [5.41, 5.74) is 2.65. The first-order chi connectivity index (χ1) is 10.0. The quantitative estimate of drug-likeness (QED) is 0.873. The van der Waals surface area contributed by atoms with Gasteiger partial charge >= 0.3 is 0 Å². The summed E-state index contributed by atoms with van der Waals surface area (Å²) in [5, 5.41) is 3.29. The lowest BCUT2D eigenvalue weighted by atomic mass is 10.1. The van der Waals surface area contributed by atoms with Crippen molar-refractivity contribution in [3.05, 3.63) is 28.2 Å². The monoisotopic (exact) mass is 353 g/mol. The molecule has 118 valence electrons. The second-order valence-corrected chi connectivity index (χ2v) is 7.26. The molecule has 0 aromatic heterocycles. The summed E-state index contributed by atoms with van der Waals surface area (Å²) < 4.78 is 1.21. The van der Waals surface area contributed by atoms with Gasteiger partial charge in [0.1, 0.15) is 0 Å². The molecule has 1 unspecified atom stereocenters. The SMILES string of the molecule is CNC(C)c1ccc(N2CCN(CC(C)C)CC2)c(Br)c1. The van der Waals surface area contributed by atoms with E-state index in [2.05, 4.69) is 70.0 Å². The van der Waals surface area contributed by atoms with Crippen LogP contribution in [0.2, 0.25) is 0 Å². The minimum atomic E-state index is 0.387. The van der Waals surface area contributed by atoms with Crippen molar-refractivity contribution in [3.63, 3.8) is 0 Å². The lowest BCUT2D eigenvalue weighted by Crippen LogP contribution is -2.47. The molecule has 0 spiro atoms. The molecule has 1 aromatic carbocycles. The van der Waals surface area contributed by atoms with Crippen LogP contribution >= 0.6 is 15.9 Å². The van der Waals surface area contributed by atoms with Gasteiger partial charge in [0.2, 0.25) is 0 Å². The molecule has 0 saturated carbocycles. The van der Waals surface area contributed by atoms with Gasteiger partial charge in [-0.1, -0.05) is 19.9 Å². The van der Waals surface area contributed by atoms with Crippen molar-refractivity contribution in [2.24, 2.45) is 5.92 Å². The fourth-order valence-corrected chi connectivity index (χ4v) is 3.55. The number of halogens is 1. The molecule has 1 aliphatic rings. The Morgan fingerprint density at radius 3 is 2.33 bits per heavy atom. The molecule has 1 aromatic rings. The molecule has 1 N–H and O–H groups in total. The number of rotatable bonds is 5. The minimum absolute atomic E-state index is 0.387. The maximum Gasteiger partial charge on any atom is 0.0511 e. The topological polar surface area (TPSA) is 18.5 Å². The number of hydrogen-bond donors (Lipinski definition) is 1. The van der Waals surface area contributed by atoms with Crippen molar-refractivity contribution >= 4 is 21.6 Å². The Labute approximate surface area is 137 Å². The summed E-state index contributed by atoms with van der Waals surface area (Å²) in [5.74, 6) is 0.755. The Bertz CT molecular complexity index is 453. The first kappa shape index (κ1) is 16.8. The summed E-state index contributed by atoms with van der Waals surface area (Å²) in [6, 6.07) is 7.13. The lowest BCUT2D eigenvalue weighted by molar-refractivity contribution is 0.231. The van der Waals surface area contributed by atoms with Crippen LogP contribution in [0.3, 0.4) is 0 Å². The zero-order chi connectivity index (χ0) is 15.4. The van der Waals surface area contributed by atoms with Gasteiger partial charge in [-0.2, -0.15) is 0 Å². The fourth-order valence-electron chi connectivity index (χ4n) is 2.90. The highest BCUT2D eigenvalue weighted by Crippen LogP contribution is 2.30. The van der Waals surface area contributed by atoms with Gasteiger partial charge < -0.3 is 10.2 Å². The van der Waals surface area contributed by atoms with Crippen molar-refractivity contribution in [2.75, 3.05) is 44.7 Å². The molecule has 4 heteroatoms.